The van der Waals surface area contributed by atoms with Crippen molar-refractivity contribution in [3.05, 3.63) is 68.2 Å². The Morgan fingerprint density at radius 3 is 2.76 bits per heavy atom. The third kappa shape index (κ3) is 3.24. The van der Waals surface area contributed by atoms with Crippen molar-refractivity contribution in [1.82, 2.24) is 10.2 Å². The second kappa shape index (κ2) is 6.89. The van der Waals surface area contributed by atoms with Gasteiger partial charge in [-0.25, -0.2) is 0 Å². The number of piperidine rings is 1. The molecule has 7 heteroatoms. The number of benzene rings is 2. The molecule has 0 bridgehead atoms. The van der Waals surface area contributed by atoms with Crippen LogP contribution in [-0.4, -0.2) is 35.5 Å². The minimum atomic E-state index is -0.759. The molecule has 2 amide bonds. The lowest BCUT2D eigenvalue weighted by atomic mass is 9.96. The molecule has 1 saturated heterocycles. The third-order valence-electron chi connectivity index (χ3n) is 5.81. The van der Waals surface area contributed by atoms with E-state index < -0.39 is 5.72 Å². The highest BCUT2D eigenvalue weighted by Crippen LogP contribution is 2.36. The Labute approximate surface area is 181 Å². The summed E-state index contributed by atoms with van der Waals surface area (Å²) in [7, 11) is 0. The molecule has 2 aromatic carbocycles. The number of carbonyl (C=O) groups is 2. The number of fused-ring (bicyclic) bond motifs is 2. The molecule has 29 heavy (non-hydrogen) atoms. The molecule has 1 spiro atoms. The summed E-state index contributed by atoms with van der Waals surface area (Å²) in [6, 6.07) is 11.2. The quantitative estimate of drug-likeness (QED) is 0.676. The average molecular weight is 474 g/mol. The fourth-order valence-electron chi connectivity index (χ4n) is 4.25. The number of nitrogens with one attached hydrogen (secondary N) is 1. The van der Waals surface area contributed by atoms with Gasteiger partial charge in [0.2, 0.25) is 5.91 Å². The van der Waals surface area contributed by atoms with Crippen molar-refractivity contribution in [2.24, 2.45) is 0 Å². The Kier molecular flexibility index (Phi) is 4.44. The maximum atomic E-state index is 13.0. The normalized spacial score (nSPS) is 19.2. The van der Waals surface area contributed by atoms with Gasteiger partial charge in [0, 0.05) is 47.4 Å². The van der Waals surface area contributed by atoms with E-state index in [0.717, 1.165) is 21.2 Å². The number of halogens is 2. The Bertz CT molecular complexity index is 1070. The summed E-state index contributed by atoms with van der Waals surface area (Å²) in [6.07, 6.45) is 3.59. The van der Waals surface area contributed by atoms with Crippen molar-refractivity contribution in [3.63, 3.8) is 0 Å². The SMILES string of the molecule is O=C1NC2(CCN(C(=O)C3=Cc4c(Cl)cccc4C3)CC2)Oc2ccc(Br)cc21. The number of likely N-dealkylation sites (tertiary alicyclic amines) is 1. The molecule has 2 aromatic rings. The molecule has 5 rings (SSSR count). The summed E-state index contributed by atoms with van der Waals surface area (Å²) in [5, 5.41) is 3.69. The number of ether oxygens (including phenoxy) is 1. The smallest absolute Gasteiger partial charge is 0.258 e. The lowest BCUT2D eigenvalue weighted by molar-refractivity contribution is -0.131. The van der Waals surface area contributed by atoms with Crippen LogP contribution in [0.25, 0.3) is 6.08 Å². The van der Waals surface area contributed by atoms with E-state index in [2.05, 4.69) is 21.2 Å². The fraction of sp³-hybridized carbons (Fsp3) is 0.273. The average Bonchev–Trinajstić information content (AvgIpc) is 3.15. The van der Waals surface area contributed by atoms with Gasteiger partial charge in [-0.2, -0.15) is 0 Å². The summed E-state index contributed by atoms with van der Waals surface area (Å²) >= 11 is 9.64. The van der Waals surface area contributed by atoms with E-state index in [1.165, 1.54) is 0 Å². The maximum Gasteiger partial charge on any atom is 0.258 e. The van der Waals surface area contributed by atoms with Crippen LogP contribution in [0.1, 0.15) is 34.3 Å². The molecule has 1 fully saturated rings. The van der Waals surface area contributed by atoms with Gasteiger partial charge in [-0.05, 0) is 41.5 Å². The van der Waals surface area contributed by atoms with Crippen LogP contribution < -0.4 is 10.1 Å². The molecule has 0 unspecified atom stereocenters. The summed E-state index contributed by atoms with van der Waals surface area (Å²) in [4.78, 5) is 27.4. The molecule has 5 nitrogen and oxygen atoms in total. The molecule has 2 heterocycles. The highest BCUT2D eigenvalue weighted by Gasteiger charge is 2.43. The third-order valence-corrected chi connectivity index (χ3v) is 6.63. The van der Waals surface area contributed by atoms with Crippen molar-refractivity contribution in [2.45, 2.75) is 25.0 Å². The summed E-state index contributed by atoms with van der Waals surface area (Å²) in [5.74, 6) is 0.467. The molecule has 0 saturated carbocycles. The van der Waals surface area contributed by atoms with Gasteiger partial charge in [0.1, 0.15) is 5.75 Å². The van der Waals surface area contributed by atoms with E-state index >= 15 is 0 Å². The van der Waals surface area contributed by atoms with E-state index in [9.17, 15) is 9.59 Å². The first kappa shape index (κ1) is 18.7. The van der Waals surface area contributed by atoms with E-state index in [0.29, 0.717) is 48.7 Å². The first-order chi connectivity index (χ1) is 13.9. The van der Waals surface area contributed by atoms with Crippen molar-refractivity contribution < 1.29 is 14.3 Å². The van der Waals surface area contributed by atoms with Gasteiger partial charge in [-0.15, -0.1) is 0 Å². The van der Waals surface area contributed by atoms with E-state index in [1.54, 1.807) is 6.07 Å². The minimum Gasteiger partial charge on any atom is -0.467 e. The highest BCUT2D eigenvalue weighted by atomic mass is 79.9. The Hall–Kier alpha value is -2.31. The van der Waals surface area contributed by atoms with Gasteiger partial charge in [-0.3, -0.25) is 9.59 Å². The van der Waals surface area contributed by atoms with E-state index in [4.69, 9.17) is 16.3 Å². The second-order valence-electron chi connectivity index (χ2n) is 7.64. The van der Waals surface area contributed by atoms with E-state index in [-0.39, 0.29) is 11.8 Å². The van der Waals surface area contributed by atoms with Crippen molar-refractivity contribution in [2.75, 3.05) is 13.1 Å². The van der Waals surface area contributed by atoms with Crippen LogP contribution in [0.3, 0.4) is 0 Å². The molecule has 0 atom stereocenters. The zero-order valence-electron chi connectivity index (χ0n) is 15.5. The molecular weight excluding hydrogens is 456 g/mol. The fourth-order valence-corrected chi connectivity index (χ4v) is 4.86. The van der Waals surface area contributed by atoms with Crippen LogP contribution in [0.2, 0.25) is 5.02 Å². The van der Waals surface area contributed by atoms with Crippen LogP contribution in [0.15, 0.2) is 46.4 Å². The number of amides is 2. The zero-order chi connectivity index (χ0) is 20.2. The van der Waals surface area contributed by atoms with Crippen LogP contribution in [0, 0.1) is 0 Å². The largest absolute Gasteiger partial charge is 0.467 e. The predicted molar refractivity (Wildman–Crippen MR) is 114 cm³/mol. The van der Waals surface area contributed by atoms with Crippen molar-refractivity contribution in [3.8, 4) is 5.75 Å². The van der Waals surface area contributed by atoms with E-state index in [1.807, 2.05) is 41.3 Å². The Morgan fingerprint density at radius 1 is 1.21 bits per heavy atom. The molecule has 3 aliphatic rings. The molecule has 0 aromatic heterocycles. The summed E-state index contributed by atoms with van der Waals surface area (Å²) in [6.45, 7) is 1.04. The van der Waals surface area contributed by atoms with Crippen LogP contribution in [-0.2, 0) is 11.2 Å². The molecule has 1 N–H and O–H groups in total. The van der Waals surface area contributed by atoms with Crippen molar-refractivity contribution >= 4 is 45.4 Å². The first-order valence-corrected chi connectivity index (χ1v) is 10.7. The van der Waals surface area contributed by atoms with Gasteiger partial charge in [-0.1, -0.05) is 39.7 Å². The van der Waals surface area contributed by atoms with Crippen molar-refractivity contribution in [1.29, 1.82) is 0 Å². The molecule has 0 radical (unpaired) electrons. The number of hydrogen-bond acceptors (Lipinski definition) is 3. The summed E-state index contributed by atoms with van der Waals surface area (Å²) < 4.78 is 7.01. The monoisotopic (exact) mass is 472 g/mol. The Morgan fingerprint density at radius 2 is 2.00 bits per heavy atom. The number of hydrogen-bond donors (Lipinski definition) is 1. The Balaban J connectivity index is 1.29. The van der Waals surface area contributed by atoms with Gasteiger partial charge in [0.05, 0.1) is 5.56 Å². The minimum absolute atomic E-state index is 0.0265. The number of carbonyl (C=O) groups excluding carboxylic acids is 2. The molecule has 2 aliphatic heterocycles. The standard InChI is InChI=1S/C22H18BrClN2O3/c23-15-4-5-19-17(12-15)20(27)25-22(29-19)6-8-26(9-7-22)21(28)14-10-13-2-1-3-18(24)16(13)11-14/h1-5,11-12H,6-10H2,(H,25,27). The predicted octanol–water partition coefficient (Wildman–Crippen LogP) is 4.18. The number of rotatable bonds is 1. The lowest BCUT2D eigenvalue weighted by Crippen LogP contribution is -2.61. The van der Waals surface area contributed by atoms with Crippen LogP contribution >= 0.6 is 27.5 Å². The van der Waals surface area contributed by atoms with Gasteiger partial charge >= 0.3 is 0 Å². The highest BCUT2D eigenvalue weighted by molar-refractivity contribution is 9.10. The second-order valence-corrected chi connectivity index (χ2v) is 8.97. The van der Waals surface area contributed by atoms with Gasteiger partial charge < -0.3 is 15.0 Å². The van der Waals surface area contributed by atoms with Gasteiger partial charge in [0.25, 0.3) is 5.91 Å². The summed E-state index contributed by atoms with van der Waals surface area (Å²) in [5.41, 5.74) is 2.55. The molecular formula is C22H18BrClN2O3. The van der Waals surface area contributed by atoms with Crippen LogP contribution in [0.4, 0.5) is 0 Å². The number of nitrogens with zero attached hydrogens (tertiary/aromatic N) is 1. The van der Waals surface area contributed by atoms with Gasteiger partial charge in [0.15, 0.2) is 5.72 Å². The topological polar surface area (TPSA) is 58.6 Å². The van der Waals surface area contributed by atoms with Crippen LogP contribution in [0.5, 0.6) is 5.75 Å². The maximum absolute atomic E-state index is 13.0. The molecule has 148 valence electrons. The lowest BCUT2D eigenvalue weighted by Gasteiger charge is -2.44. The first-order valence-electron chi connectivity index (χ1n) is 9.52. The zero-order valence-corrected chi connectivity index (χ0v) is 17.8. The molecule has 1 aliphatic carbocycles.